The average Bonchev–Trinajstić information content (AvgIpc) is 3.22. The molecule has 2 N–H and O–H groups in total. The highest BCUT2D eigenvalue weighted by molar-refractivity contribution is 5.94. The minimum Gasteiger partial charge on any atom is -0.346 e. The number of hydrogen-bond donors (Lipinski definition) is 2. The van der Waals surface area contributed by atoms with E-state index in [9.17, 15) is 9.59 Å². The van der Waals surface area contributed by atoms with Crippen molar-refractivity contribution in [1.29, 1.82) is 0 Å². The van der Waals surface area contributed by atoms with Crippen LogP contribution in [-0.2, 0) is 16.1 Å². The molecule has 0 bridgehead atoms. The fourth-order valence-corrected chi connectivity index (χ4v) is 2.71. The maximum absolute atomic E-state index is 12.0. The molecule has 1 aliphatic carbocycles. The van der Waals surface area contributed by atoms with Crippen LogP contribution in [0.25, 0.3) is 0 Å². The molecule has 1 aromatic rings. The highest BCUT2D eigenvalue weighted by Gasteiger charge is 2.32. The molecule has 0 aromatic carbocycles. The van der Waals surface area contributed by atoms with Gasteiger partial charge in [-0.05, 0) is 38.2 Å². The first-order valence-electron chi connectivity index (χ1n) is 7.80. The maximum Gasteiger partial charge on any atom is 0.296 e. The molecule has 0 radical (unpaired) electrons. The molecule has 1 saturated carbocycles. The lowest BCUT2D eigenvalue weighted by atomic mass is 9.95. The molecule has 1 aliphatic heterocycles. The first kappa shape index (κ1) is 14.6. The molecule has 6 nitrogen and oxygen atoms in total. The lowest BCUT2D eigenvalue weighted by Gasteiger charge is -2.32. The Bertz CT molecular complexity index is 636. The van der Waals surface area contributed by atoms with Crippen LogP contribution in [-0.4, -0.2) is 27.6 Å². The summed E-state index contributed by atoms with van der Waals surface area (Å²) in [4.78, 5) is 23.7. The van der Waals surface area contributed by atoms with Gasteiger partial charge in [-0.3, -0.25) is 14.3 Å². The van der Waals surface area contributed by atoms with Crippen LogP contribution in [0.2, 0.25) is 0 Å². The highest BCUT2D eigenvalue weighted by atomic mass is 16.2. The summed E-state index contributed by atoms with van der Waals surface area (Å²) in [6.07, 6.45) is 4.93. The highest BCUT2D eigenvalue weighted by Crippen LogP contribution is 2.27. The van der Waals surface area contributed by atoms with Crippen molar-refractivity contribution in [3.05, 3.63) is 18.0 Å². The van der Waals surface area contributed by atoms with E-state index < -0.39 is 0 Å². The van der Waals surface area contributed by atoms with Gasteiger partial charge in [0.25, 0.3) is 5.91 Å². The SMILES string of the molecule is CCn1nccc1C1NC(=O)CCC1NC(=O)C#CC1CC1. The minimum absolute atomic E-state index is 0.00316. The summed E-state index contributed by atoms with van der Waals surface area (Å²) in [5, 5.41) is 10.1. The van der Waals surface area contributed by atoms with Gasteiger partial charge < -0.3 is 10.6 Å². The number of amides is 2. The molecule has 22 heavy (non-hydrogen) atoms. The van der Waals surface area contributed by atoms with Crippen LogP contribution >= 0.6 is 0 Å². The summed E-state index contributed by atoms with van der Waals surface area (Å²) in [5.41, 5.74) is 0.913. The van der Waals surface area contributed by atoms with Gasteiger partial charge >= 0.3 is 0 Å². The van der Waals surface area contributed by atoms with Crippen LogP contribution < -0.4 is 10.6 Å². The van der Waals surface area contributed by atoms with Gasteiger partial charge in [-0.2, -0.15) is 5.10 Å². The second-order valence-electron chi connectivity index (χ2n) is 5.78. The predicted molar refractivity (Wildman–Crippen MR) is 80.4 cm³/mol. The first-order chi connectivity index (χ1) is 10.7. The Morgan fingerprint density at radius 3 is 3.05 bits per heavy atom. The van der Waals surface area contributed by atoms with E-state index in [1.54, 1.807) is 6.20 Å². The van der Waals surface area contributed by atoms with Gasteiger partial charge in [0.15, 0.2) is 0 Å². The van der Waals surface area contributed by atoms with Crippen LogP contribution in [0, 0.1) is 17.8 Å². The first-order valence-corrected chi connectivity index (χ1v) is 7.80. The van der Waals surface area contributed by atoms with Gasteiger partial charge in [0.1, 0.15) is 0 Å². The molecule has 0 spiro atoms. The molecule has 1 aromatic heterocycles. The molecule has 6 heteroatoms. The third-order valence-corrected chi connectivity index (χ3v) is 4.05. The zero-order chi connectivity index (χ0) is 15.5. The van der Waals surface area contributed by atoms with Crippen LogP contribution in [0.1, 0.15) is 44.3 Å². The number of piperidine rings is 1. The van der Waals surface area contributed by atoms with E-state index in [-0.39, 0.29) is 23.9 Å². The molecular weight excluding hydrogens is 280 g/mol. The molecule has 2 fully saturated rings. The predicted octanol–water partition coefficient (Wildman–Crippen LogP) is 0.752. The van der Waals surface area contributed by atoms with Crippen LogP contribution in [0.5, 0.6) is 0 Å². The summed E-state index contributed by atoms with van der Waals surface area (Å²) in [7, 11) is 0. The van der Waals surface area contributed by atoms with E-state index in [1.165, 1.54) is 0 Å². The van der Waals surface area contributed by atoms with E-state index in [4.69, 9.17) is 0 Å². The summed E-state index contributed by atoms with van der Waals surface area (Å²) in [5.74, 6) is 5.76. The van der Waals surface area contributed by atoms with Crippen molar-refractivity contribution in [3.8, 4) is 11.8 Å². The number of carbonyl (C=O) groups excluding carboxylic acids is 2. The molecular formula is C16H20N4O2. The summed E-state index contributed by atoms with van der Waals surface area (Å²) in [6, 6.07) is 1.48. The van der Waals surface area contributed by atoms with Crippen molar-refractivity contribution in [2.45, 2.75) is 51.2 Å². The fourth-order valence-electron chi connectivity index (χ4n) is 2.71. The molecule has 2 amide bonds. The van der Waals surface area contributed by atoms with Crippen molar-refractivity contribution in [2.75, 3.05) is 0 Å². The van der Waals surface area contributed by atoms with Crippen molar-refractivity contribution < 1.29 is 9.59 Å². The largest absolute Gasteiger partial charge is 0.346 e. The molecule has 2 unspecified atom stereocenters. The maximum atomic E-state index is 12.0. The summed E-state index contributed by atoms with van der Waals surface area (Å²) >= 11 is 0. The van der Waals surface area contributed by atoms with E-state index in [1.807, 2.05) is 17.7 Å². The number of nitrogens with zero attached hydrogens (tertiary/aromatic N) is 2. The zero-order valence-electron chi connectivity index (χ0n) is 12.6. The van der Waals surface area contributed by atoms with Crippen molar-refractivity contribution in [2.24, 2.45) is 5.92 Å². The number of hydrogen-bond acceptors (Lipinski definition) is 3. The van der Waals surface area contributed by atoms with E-state index in [0.29, 0.717) is 18.8 Å². The number of aromatic nitrogens is 2. The molecule has 116 valence electrons. The third-order valence-electron chi connectivity index (χ3n) is 4.05. The minimum atomic E-state index is -0.263. The van der Waals surface area contributed by atoms with Gasteiger partial charge in [0.05, 0.1) is 17.8 Å². The van der Waals surface area contributed by atoms with E-state index >= 15 is 0 Å². The van der Waals surface area contributed by atoms with Gasteiger partial charge in [0.2, 0.25) is 5.91 Å². The lowest BCUT2D eigenvalue weighted by molar-refractivity contribution is -0.125. The van der Waals surface area contributed by atoms with Crippen molar-refractivity contribution in [1.82, 2.24) is 20.4 Å². The van der Waals surface area contributed by atoms with Gasteiger partial charge in [-0.15, -0.1) is 0 Å². The molecule has 2 heterocycles. The third kappa shape index (κ3) is 3.30. The summed E-state index contributed by atoms with van der Waals surface area (Å²) < 4.78 is 1.84. The normalized spacial score (nSPS) is 24.1. The van der Waals surface area contributed by atoms with Crippen molar-refractivity contribution >= 4 is 11.8 Å². The van der Waals surface area contributed by atoms with Crippen molar-refractivity contribution in [3.63, 3.8) is 0 Å². The Balaban J connectivity index is 1.74. The van der Waals surface area contributed by atoms with Crippen LogP contribution in [0.3, 0.4) is 0 Å². The molecule has 2 aliphatic rings. The van der Waals surface area contributed by atoms with E-state index in [0.717, 1.165) is 25.1 Å². The molecule has 1 saturated heterocycles. The monoisotopic (exact) mass is 300 g/mol. The van der Waals surface area contributed by atoms with Crippen LogP contribution in [0.4, 0.5) is 0 Å². The quantitative estimate of drug-likeness (QED) is 0.809. The van der Waals surface area contributed by atoms with Gasteiger partial charge in [-0.25, -0.2) is 0 Å². The number of rotatable bonds is 3. The molecule has 3 rings (SSSR count). The van der Waals surface area contributed by atoms with Crippen LogP contribution in [0.15, 0.2) is 12.3 Å². The second kappa shape index (κ2) is 6.22. The Hall–Kier alpha value is -2.29. The fraction of sp³-hybridized carbons (Fsp3) is 0.562. The topological polar surface area (TPSA) is 76.0 Å². The Morgan fingerprint density at radius 2 is 2.32 bits per heavy atom. The zero-order valence-corrected chi connectivity index (χ0v) is 12.6. The molecule has 2 atom stereocenters. The second-order valence-corrected chi connectivity index (χ2v) is 5.78. The number of nitrogens with one attached hydrogen (secondary N) is 2. The number of aryl methyl sites for hydroxylation is 1. The Morgan fingerprint density at radius 1 is 1.50 bits per heavy atom. The van der Waals surface area contributed by atoms with Gasteiger partial charge in [-0.1, -0.05) is 5.92 Å². The number of carbonyl (C=O) groups is 2. The summed E-state index contributed by atoms with van der Waals surface area (Å²) in [6.45, 7) is 2.71. The smallest absolute Gasteiger partial charge is 0.296 e. The lowest BCUT2D eigenvalue weighted by Crippen LogP contribution is -2.50. The van der Waals surface area contributed by atoms with Gasteiger partial charge in [0, 0.05) is 25.1 Å². The Labute approximate surface area is 129 Å². The average molecular weight is 300 g/mol. The Kier molecular flexibility index (Phi) is 4.14. The standard InChI is InChI=1S/C16H20N4O2/c1-2-20-13(9-10-17-20)16-12(6-8-15(22)19-16)18-14(21)7-5-11-3-4-11/h9-12,16H,2-4,6,8H2,1H3,(H,18,21)(H,19,22). The van der Waals surface area contributed by atoms with E-state index in [2.05, 4.69) is 27.6 Å².